The van der Waals surface area contributed by atoms with Crippen LogP contribution in [0.5, 0.6) is 0 Å². The van der Waals surface area contributed by atoms with Crippen molar-refractivity contribution < 1.29 is 9.53 Å². The van der Waals surface area contributed by atoms with E-state index in [4.69, 9.17) is 4.74 Å². The molecule has 0 aromatic carbocycles. The Morgan fingerprint density at radius 3 is 2.33 bits per heavy atom. The molecular formula is C11H22N2O2. The van der Waals surface area contributed by atoms with E-state index in [9.17, 15) is 4.79 Å². The zero-order valence-corrected chi connectivity index (χ0v) is 10.2. The van der Waals surface area contributed by atoms with E-state index in [1.54, 1.807) is 0 Å². The van der Waals surface area contributed by atoms with Gasteiger partial charge in [-0.2, -0.15) is 0 Å². The fourth-order valence-electron chi connectivity index (χ4n) is 1.86. The average Bonchev–Trinajstić information content (AvgIpc) is 2.12. The van der Waals surface area contributed by atoms with Crippen molar-refractivity contribution in [2.45, 2.75) is 32.5 Å². The third kappa shape index (κ3) is 4.18. The smallest absolute Gasteiger partial charge is 0.224 e. The molecule has 1 aliphatic rings. The van der Waals surface area contributed by atoms with Crippen LogP contribution < -0.4 is 0 Å². The van der Waals surface area contributed by atoms with Gasteiger partial charge in [-0.25, -0.2) is 0 Å². The van der Waals surface area contributed by atoms with Gasteiger partial charge >= 0.3 is 0 Å². The van der Waals surface area contributed by atoms with Gasteiger partial charge in [0.15, 0.2) is 0 Å². The van der Waals surface area contributed by atoms with Gasteiger partial charge in [0.25, 0.3) is 0 Å². The van der Waals surface area contributed by atoms with Gasteiger partial charge in [-0.1, -0.05) is 0 Å². The normalized spacial score (nSPS) is 27.1. The predicted octanol–water partition coefficient (Wildman–Crippen LogP) is 0.574. The molecule has 1 fully saturated rings. The summed E-state index contributed by atoms with van der Waals surface area (Å²) in [4.78, 5) is 15.8. The van der Waals surface area contributed by atoms with Crippen molar-refractivity contribution in [1.82, 2.24) is 9.80 Å². The number of amides is 1. The zero-order chi connectivity index (χ0) is 11.4. The minimum Gasteiger partial charge on any atom is -0.372 e. The first-order chi connectivity index (χ1) is 6.99. The maximum Gasteiger partial charge on any atom is 0.224 e. The van der Waals surface area contributed by atoms with Gasteiger partial charge in [-0.3, -0.25) is 4.79 Å². The molecular weight excluding hydrogens is 192 g/mol. The summed E-state index contributed by atoms with van der Waals surface area (Å²) in [6, 6.07) is 0. The van der Waals surface area contributed by atoms with Crippen molar-refractivity contribution in [3.05, 3.63) is 0 Å². The summed E-state index contributed by atoms with van der Waals surface area (Å²) < 4.78 is 5.59. The fourth-order valence-corrected chi connectivity index (χ4v) is 1.86. The Labute approximate surface area is 92.2 Å². The van der Waals surface area contributed by atoms with Crippen molar-refractivity contribution in [3.8, 4) is 0 Å². The van der Waals surface area contributed by atoms with Gasteiger partial charge in [0, 0.05) is 26.1 Å². The van der Waals surface area contributed by atoms with Crippen LogP contribution in [0.4, 0.5) is 0 Å². The van der Waals surface area contributed by atoms with Gasteiger partial charge < -0.3 is 14.5 Å². The molecule has 4 nitrogen and oxygen atoms in total. The van der Waals surface area contributed by atoms with E-state index in [1.807, 2.05) is 37.7 Å². The lowest BCUT2D eigenvalue weighted by molar-refractivity contribution is -0.143. The number of ether oxygens (including phenoxy) is 1. The largest absolute Gasteiger partial charge is 0.372 e. The maximum absolute atomic E-state index is 11.8. The van der Waals surface area contributed by atoms with Crippen LogP contribution >= 0.6 is 0 Å². The van der Waals surface area contributed by atoms with E-state index in [2.05, 4.69) is 0 Å². The Morgan fingerprint density at radius 2 is 1.87 bits per heavy atom. The van der Waals surface area contributed by atoms with E-state index >= 15 is 0 Å². The summed E-state index contributed by atoms with van der Waals surface area (Å²) in [5.41, 5.74) is 0. The van der Waals surface area contributed by atoms with Crippen LogP contribution in [0, 0.1) is 0 Å². The van der Waals surface area contributed by atoms with Crippen LogP contribution in [0.1, 0.15) is 20.3 Å². The molecule has 0 N–H and O–H groups in total. The van der Waals surface area contributed by atoms with E-state index < -0.39 is 0 Å². The van der Waals surface area contributed by atoms with Crippen molar-refractivity contribution in [2.75, 3.05) is 33.7 Å². The molecule has 88 valence electrons. The van der Waals surface area contributed by atoms with Crippen LogP contribution in [0.2, 0.25) is 0 Å². The van der Waals surface area contributed by atoms with Gasteiger partial charge in [-0.15, -0.1) is 0 Å². The lowest BCUT2D eigenvalue weighted by Gasteiger charge is -2.35. The summed E-state index contributed by atoms with van der Waals surface area (Å²) in [6.07, 6.45) is 0.931. The number of carbonyl (C=O) groups is 1. The Hall–Kier alpha value is -0.610. The second-order valence-corrected chi connectivity index (χ2v) is 4.61. The van der Waals surface area contributed by atoms with Crippen LogP contribution in [-0.2, 0) is 9.53 Å². The number of nitrogens with zero attached hydrogens (tertiary/aromatic N) is 2. The van der Waals surface area contributed by atoms with Crippen LogP contribution in [0.3, 0.4) is 0 Å². The van der Waals surface area contributed by atoms with Gasteiger partial charge in [0.1, 0.15) is 0 Å². The highest BCUT2D eigenvalue weighted by molar-refractivity contribution is 5.76. The van der Waals surface area contributed by atoms with E-state index in [0.717, 1.165) is 19.6 Å². The Morgan fingerprint density at radius 1 is 1.33 bits per heavy atom. The Bertz CT molecular complexity index is 209. The molecule has 0 aliphatic carbocycles. The maximum atomic E-state index is 11.8. The second-order valence-electron chi connectivity index (χ2n) is 4.61. The molecule has 1 saturated heterocycles. The number of carbonyl (C=O) groups excluding carboxylic acids is 1. The van der Waals surface area contributed by atoms with Gasteiger partial charge in [0.05, 0.1) is 12.2 Å². The molecule has 1 amide bonds. The van der Waals surface area contributed by atoms with Crippen molar-refractivity contribution in [1.29, 1.82) is 0 Å². The van der Waals surface area contributed by atoms with Crippen LogP contribution in [0.25, 0.3) is 0 Å². The summed E-state index contributed by atoms with van der Waals surface area (Å²) in [7, 11) is 3.97. The summed E-state index contributed by atoms with van der Waals surface area (Å²) in [6.45, 7) is 6.32. The lowest BCUT2D eigenvalue weighted by Crippen LogP contribution is -2.48. The zero-order valence-electron chi connectivity index (χ0n) is 10.2. The summed E-state index contributed by atoms with van der Waals surface area (Å²) in [5, 5.41) is 0. The molecule has 15 heavy (non-hydrogen) atoms. The van der Waals surface area contributed by atoms with Crippen molar-refractivity contribution in [3.63, 3.8) is 0 Å². The average molecular weight is 214 g/mol. The molecule has 1 unspecified atom stereocenters. The van der Waals surface area contributed by atoms with E-state index in [-0.39, 0.29) is 18.1 Å². The topological polar surface area (TPSA) is 32.8 Å². The first kappa shape index (κ1) is 12.5. The van der Waals surface area contributed by atoms with Crippen molar-refractivity contribution >= 4 is 5.91 Å². The first-order valence-electron chi connectivity index (χ1n) is 5.57. The van der Waals surface area contributed by atoms with E-state index in [0.29, 0.717) is 6.42 Å². The van der Waals surface area contributed by atoms with Crippen molar-refractivity contribution in [2.24, 2.45) is 0 Å². The third-order valence-electron chi connectivity index (χ3n) is 2.55. The van der Waals surface area contributed by atoms with Gasteiger partial charge in [-0.05, 0) is 27.9 Å². The number of rotatable bonds is 3. The molecule has 0 aromatic rings. The highest BCUT2D eigenvalue weighted by Crippen LogP contribution is 2.11. The molecule has 2 atom stereocenters. The SMILES string of the molecule is CC1CN(C(=O)CCN(C)C)C[C@@H](C)O1. The monoisotopic (exact) mass is 214 g/mol. The quantitative estimate of drug-likeness (QED) is 0.689. The number of hydrogen-bond donors (Lipinski definition) is 0. The van der Waals surface area contributed by atoms with Gasteiger partial charge in [0.2, 0.25) is 5.91 Å². The Balaban J connectivity index is 2.38. The second kappa shape index (κ2) is 5.47. The van der Waals surface area contributed by atoms with E-state index in [1.165, 1.54) is 0 Å². The number of morpholine rings is 1. The molecule has 0 bridgehead atoms. The minimum atomic E-state index is 0.164. The highest BCUT2D eigenvalue weighted by Gasteiger charge is 2.25. The van der Waals surface area contributed by atoms with Crippen LogP contribution in [-0.4, -0.2) is 61.6 Å². The summed E-state index contributed by atoms with van der Waals surface area (Å²) >= 11 is 0. The molecule has 0 radical (unpaired) electrons. The minimum absolute atomic E-state index is 0.164. The molecule has 1 heterocycles. The summed E-state index contributed by atoms with van der Waals surface area (Å²) in [5.74, 6) is 0.241. The number of hydrogen-bond acceptors (Lipinski definition) is 3. The molecule has 0 saturated carbocycles. The standard InChI is InChI=1S/C11H22N2O2/c1-9-7-13(8-10(2)15-9)11(14)5-6-12(3)4/h9-10H,5-8H2,1-4H3/t9-,10?/m1/s1. The first-order valence-corrected chi connectivity index (χ1v) is 5.57. The molecule has 0 spiro atoms. The third-order valence-corrected chi connectivity index (χ3v) is 2.55. The van der Waals surface area contributed by atoms with Crippen LogP contribution in [0.15, 0.2) is 0 Å². The predicted molar refractivity (Wildman–Crippen MR) is 59.8 cm³/mol. The molecule has 0 aromatic heterocycles. The Kier molecular flexibility index (Phi) is 4.54. The molecule has 4 heteroatoms. The fraction of sp³-hybridized carbons (Fsp3) is 0.909. The molecule has 1 rings (SSSR count). The lowest BCUT2D eigenvalue weighted by atomic mass is 10.2. The molecule has 1 aliphatic heterocycles. The highest BCUT2D eigenvalue weighted by atomic mass is 16.5.